The Morgan fingerprint density at radius 2 is 2.14 bits per heavy atom. The summed E-state index contributed by atoms with van der Waals surface area (Å²) < 4.78 is 0. The molecule has 1 aromatic carbocycles. The fourth-order valence-corrected chi connectivity index (χ4v) is 2.90. The van der Waals surface area contributed by atoms with Crippen LogP contribution in [0.1, 0.15) is 48.2 Å². The maximum Gasteiger partial charge on any atom is 0.252 e. The van der Waals surface area contributed by atoms with Crippen LogP contribution in [0.5, 0.6) is 0 Å². The highest BCUT2D eigenvalue weighted by Gasteiger charge is 2.31. The predicted molar refractivity (Wildman–Crippen MR) is 84.0 cm³/mol. The lowest BCUT2D eigenvalue weighted by Crippen LogP contribution is -2.37. The molecule has 112 valence electrons. The molecule has 0 saturated heterocycles. The first-order valence-corrected chi connectivity index (χ1v) is 7.54. The monoisotopic (exact) mass is 285 g/mol. The third-order valence-electron chi connectivity index (χ3n) is 4.50. The molecule has 1 aliphatic rings. The van der Waals surface area contributed by atoms with Crippen molar-refractivity contribution in [3.05, 3.63) is 34.9 Å². The SMILES string of the molecule is Cc1ccc(C#CCO)c(C(=O)NC2CCC(C)C2C)c1. The zero-order valence-electron chi connectivity index (χ0n) is 12.9. The number of hydrogen-bond acceptors (Lipinski definition) is 2. The first-order chi connectivity index (χ1) is 10.0. The molecule has 1 fully saturated rings. The number of aryl methyl sites for hydroxylation is 1. The minimum absolute atomic E-state index is 0.0631. The molecule has 2 rings (SSSR count). The number of aliphatic hydroxyl groups is 1. The molecule has 0 aromatic heterocycles. The van der Waals surface area contributed by atoms with Gasteiger partial charge in [0.05, 0.1) is 5.56 Å². The molecular formula is C18H23NO2. The summed E-state index contributed by atoms with van der Waals surface area (Å²) in [5, 5.41) is 12.0. The van der Waals surface area contributed by atoms with Crippen LogP contribution >= 0.6 is 0 Å². The molecule has 0 spiro atoms. The Morgan fingerprint density at radius 1 is 1.38 bits per heavy atom. The van der Waals surface area contributed by atoms with Crippen molar-refractivity contribution in [2.24, 2.45) is 11.8 Å². The Hall–Kier alpha value is -1.79. The lowest BCUT2D eigenvalue weighted by atomic mass is 9.97. The Balaban J connectivity index is 2.20. The number of aliphatic hydroxyl groups excluding tert-OH is 1. The van der Waals surface area contributed by atoms with Gasteiger partial charge in [0.25, 0.3) is 5.91 Å². The molecule has 0 heterocycles. The molecule has 0 bridgehead atoms. The van der Waals surface area contributed by atoms with Gasteiger partial charge in [0.2, 0.25) is 0 Å². The number of benzene rings is 1. The second kappa shape index (κ2) is 6.78. The van der Waals surface area contributed by atoms with Crippen LogP contribution in [-0.2, 0) is 0 Å². The minimum Gasteiger partial charge on any atom is -0.384 e. The summed E-state index contributed by atoms with van der Waals surface area (Å²) in [6.07, 6.45) is 2.20. The largest absolute Gasteiger partial charge is 0.384 e. The van der Waals surface area contributed by atoms with Crippen LogP contribution in [0.15, 0.2) is 18.2 Å². The van der Waals surface area contributed by atoms with Gasteiger partial charge >= 0.3 is 0 Å². The summed E-state index contributed by atoms with van der Waals surface area (Å²) in [5.41, 5.74) is 2.30. The number of carbonyl (C=O) groups is 1. The minimum atomic E-state index is -0.202. The van der Waals surface area contributed by atoms with E-state index in [9.17, 15) is 4.79 Å². The van der Waals surface area contributed by atoms with E-state index in [1.807, 2.05) is 25.1 Å². The molecule has 0 aliphatic heterocycles. The van der Waals surface area contributed by atoms with E-state index in [-0.39, 0.29) is 18.6 Å². The van der Waals surface area contributed by atoms with Gasteiger partial charge in [0.15, 0.2) is 0 Å². The van der Waals surface area contributed by atoms with Gasteiger partial charge in [-0.2, -0.15) is 0 Å². The number of rotatable bonds is 2. The summed E-state index contributed by atoms with van der Waals surface area (Å²) in [7, 11) is 0. The molecule has 3 heteroatoms. The van der Waals surface area contributed by atoms with Gasteiger partial charge in [0.1, 0.15) is 6.61 Å². The van der Waals surface area contributed by atoms with Gasteiger partial charge in [-0.3, -0.25) is 4.79 Å². The normalized spacial score (nSPS) is 24.3. The Labute approximate surface area is 126 Å². The van der Waals surface area contributed by atoms with E-state index in [0.29, 0.717) is 23.0 Å². The Bertz CT molecular complexity index is 583. The summed E-state index contributed by atoms with van der Waals surface area (Å²) in [5.74, 6) is 6.57. The first-order valence-electron chi connectivity index (χ1n) is 7.54. The van der Waals surface area contributed by atoms with Crippen LogP contribution in [0.3, 0.4) is 0 Å². The molecule has 3 atom stereocenters. The first kappa shape index (κ1) is 15.6. The van der Waals surface area contributed by atoms with Crippen molar-refractivity contribution in [2.45, 2.75) is 39.7 Å². The molecule has 2 N–H and O–H groups in total. The van der Waals surface area contributed by atoms with E-state index < -0.39 is 0 Å². The fourth-order valence-electron chi connectivity index (χ4n) is 2.90. The van der Waals surface area contributed by atoms with Gasteiger partial charge in [-0.1, -0.05) is 37.3 Å². The van der Waals surface area contributed by atoms with Gasteiger partial charge in [-0.15, -0.1) is 0 Å². The molecule has 1 saturated carbocycles. The van der Waals surface area contributed by atoms with Crippen molar-refractivity contribution in [1.82, 2.24) is 5.32 Å². The highest BCUT2D eigenvalue weighted by molar-refractivity contribution is 5.97. The van der Waals surface area contributed by atoms with Crippen LogP contribution in [-0.4, -0.2) is 23.7 Å². The fraction of sp³-hybridized carbons (Fsp3) is 0.500. The van der Waals surface area contributed by atoms with Crippen molar-refractivity contribution >= 4 is 5.91 Å². The Kier molecular flexibility index (Phi) is 5.03. The standard InChI is InChI=1S/C18H23NO2/c1-12-6-8-15(5-4-10-20)16(11-12)18(21)19-17-9-7-13(2)14(17)3/h6,8,11,13-14,17,20H,7,9-10H2,1-3H3,(H,19,21). The average molecular weight is 285 g/mol. The van der Waals surface area contributed by atoms with E-state index in [2.05, 4.69) is 31.0 Å². The second-order valence-electron chi connectivity index (χ2n) is 6.00. The molecule has 1 amide bonds. The van der Waals surface area contributed by atoms with Crippen molar-refractivity contribution < 1.29 is 9.90 Å². The van der Waals surface area contributed by atoms with Crippen LogP contribution in [0.25, 0.3) is 0 Å². The highest BCUT2D eigenvalue weighted by atomic mass is 16.2. The number of amides is 1. The van der Waals surface area contributed by atoms with E-state index in [1.54, 1.807) is 0 Å². The van der Waals surface area contributed by atoms with Gasteiger partial charge in [-0.05, 0) is 43.7 Å². The zero-order chi connectivity index (χ0) is 15.4. The molecule has 1 aromatic rings. The zero-order valence-corrected chi connectivity index (χ0v) is 12.9. The lowest BCUT2D eigenvalue weighted by Gasteiger charge is -2.20. The van der Waals surface area contributed by atoms with E-state index in [4.69, 9.17) is 5.11 Å². The number of nitrogens with one attached hydrogen (secondary N) is 1. The third kappa shape index (κ3) is 3.65. The maximum absolute atomic E-state index is 12.5. The van der Waals surface area contributed by atoms with Crippen LogP contribution < -0.4 is 5.32 Å². The lowest BCUT2D eigenvalue weighted by molar-refractivity contribution is 0.0927. The van der Waals surface area contributed by atoms with Gasteiger partial charge in [0, 0.05) is 11.6 Å². The van der Waals surface area contributed by atoms with Gasteiger partial charge < -0.3 is 10.4 Å². The van der Waals surface area contributed by atoms with Crippen molar-refractivity contribution in [1.29, 1.82) is 0 Å². The van der Waals surface area contributed by atoms with Crippen LogP contribution in [0.4, 0.5) is 0 Å². The molecule has 3 nitrogen and oxygen atoms in total. The summed E-state index contributed by atoms with van der Waals surface area (Å²) in [6.45, 7) is 6.19. The third-order valence-corrected chi connectivity index (χ3v) is 4.50. The molecule has 1 aliphatic carbocycles. The molecule has 21 heavy (non-hydrogen) atoms. The number of hydrogen-bond donors (Lipinski definition) is 2. The van der Waals surface area contributed by atoms with Gasteiger partial charge in [-0.25, -0.2) is 0 Å². The molecular weight excluding hydrogens is 262 g/mol. The van der Waals surface area contributed by atoms with Crippen LogP contribution in [0, 0.1) is 30.6 Å². The maximum atomic E-state index is 12.5. The Morgan fingerprint density at radius 3 is 2.76 bits per heavy atom. The quantitative estimate of drug-likeness (QED) is 0.820. The van der Waals surface area contributed by atoms with Crippen molar-refractivity contribution in [2.75, 3.05) is 6.61 Å². The highest BCUT2D eigenvalue weighted by Crippen LogP contribution is 2.31. The summed E-state index contributed by atoms with van der Waals surface area (Å²) in [4.78, 5) is 12.5. The van der Waals surface area contributed by atoms with Crippen molar-refractivity contribution in [3.63, 3.8) is 0 Å². The average Bonchev–Trinajstić information content (AvgIpc) is 2.78. The van der Waals surface area contributed by atoms with E-state index in [1.165, 1.54) is 0 Å². The van der Waals surface area contributed by atoms with Crippen molar-refractivity contribution in [3.8, 4) is 11.8 Å². The number of carbonyl (C=O) groups excluding carboxylic acids is 1. The summed E-state index contributed by atoms with van der Waals surface area (Å²) >= 11 is 0. The summed E-state index contributed by atoms with van der Waals surface area (Å²) in [6, 6.07) is 5.87. The van der Waals surface area contributed by atoms with E-state index in [0.717, 1.165) is 18.4 Å². The van der Waals surface area contributed by atoms with E-state index >= 15 is 0 Å². The second-order valence-corrected chi connectivity index (χ2v) is 6.00. The topological polar surface area (TPSA) is 49.3 Å². The molecule has 0 radical (unpaired) electrons. The van der Waals surface area contributed by atoms with Crippen LogP contribution in [0.2, 0.25) is 0 Å². The smallest absolute Gasteiger partial charge is 0.252 e. The predicted octanol–water partition coefficient (Wildman–Crippen LogP) is 2.50. The molecule has 3 unspecified atom stereocenters.